The maximum Gasteiger partial charge on any atom is 0.134 e. The molecule has 0 radical (unpaired) electrons. The van der Waals surface area contributed by atoms with E-state index >= 15 is 0 Å². The number of piperidine rings is 1. The fraction of sp³-hybridized carbons (Fsp3) is 0.538. The molecule has 2 aliphatic heterocycles. The number of β-amino-alcohol motifs (C(OH)–C–C–N with tert-alkyl or cyclic N) is 2. The number of rotatable bonds is 7. The Hall–Kier alpha value is -2.39. The standard InChI is InChI=1S/C26H35FN2O5/c1-20-14-23(6-7-24(20)27)34-19-26(31)17-28(12-13-33-18-26)16-25(30)8-10-29(11-9-25)21-4-3-5-22(15-21)32-2/h3-7,14-15,30-31H,8-13,16-19H2,1-2H3/t26-/m1/s1. The number of methoxy groups -OCH3 is 1. The van der Waals surface area contributed by atoms with Crippen molar-refractivity contribution in [3.8, 4) is 11.5 Å². The van der Waals surface area contributed by atoms with E-state index in [1.54, 1.807) is 26.2 Å². The number of hydrogen-bond acceptors (Lipinski definition) is 7. The highest BCUT2D eigenvalue weighted by Gasteiger charge is 2.39. The molecule has 34 heavy (non-hydrogen) atoms. The highest BCUT2D eigenvalue weighted by molar-refractivity contribution is 5.51. The van der Waals surface area contributed by atoms with Crippen molar-refractivity contribution in [2.75, 3.05) is 64.6 Å². The van der Waals surface area contributed by atoms with Crippen LogP contribution in [0.1, 0.15) is 18.4 Å². The van der Waals surface area contributed by atoms with E-state index in [9.17, 15) is 14.6 Å². The minimum absolute atomic E-state index is 0.0244. The quantitative estimate of drug-likeness (QED) is 0.639. The molecule has 8 heteroatoms. The summed E-state index contributed by atoms with van der Waals surface area (Å²) in [7, 11) is 1.66. The molecule has 2 aromatic rings. The van der Waals surface area contributed by atoms with Gasteiger partial charge in [0.05, 0.1) is 25.9 Å². The largest absolute Gasteiger partial charge is 0.497 e. The summed E-state index contributed by atoms with van der Waals surface area (Å²) < 4.78 is 30.3. The number of halogens is 1. The van der Waals surface area contributed by atoms with Gasteiger partial charge in [-0.25, -0.2) is 4.39 Å². The van der Waals surface area contributed by atoms with Crippen molar-refractivity contribution < 1.29 is 28.8 Å². The Morgan fingerprint density at radius 3 is 2.56 bits per heavy atom. The molecule has 2 saturated heterocycles. The molecule has 0 saturated carbocycles. The van der Waals surface area contributed by atoms with E-state index < -0.39 is 11.2 Å². The van der Waals surface area contributed by atoms with Crippen LogP contribution in [0.15, 0.2) is 42.5 Å². The van der Waals surface area contributed by atoms with Gasteiger partial charge in [-0.1, -0.05) is 6.07 Å². The van der Waals surface area contributed by atoms with Gasteiger partial charge in [0.2, 0.25) is 0 Å². The normalized spacial score (nSPS) is 23.4. The Labute approximate surface area is 200 Å². The maximum atomic E-state index is 13.5. The summed E-state index contributed by atoms with van der Waals surface area (Å²) >= 11 is 0. The van der Waals surface area contributed by atoms with Crippen LogP contribution in [-0.2, 0) is 4.74 Å². The van der Waals surface area contributed by atoms with Gasteiger partial charge in [-0.05, 0) is 55.7 Å². The third-order valence-corrected chi connectivity index (χ3v) is 6.71. The van der Waals surface area contributed by atoms with Crippen LogP contribution in [0.3, 0.4) is 0 Å². The van der Waals surface area contributed by atoms with Gasteiger partial charge in [0.1, 0.15) is 29.5 Å². The van der Waals surface area contributed by atoms with Crippen molar-refractivity contribution in [2.45, 2.75) is 31.0 Å². The van der Waals surface area contributed by atoms with E-state index in [2.05, 4.69) is 15.9 Å². The average molecular weight is 475 g/mol. The first kappa shape index (κ1) is 24.7. The Kier molecular flexibility index (Phi) is 7.62. The predicted molar refractivity (Wildman–Crippen MR) is 128 cm³/mol. The fourth-order valence-corrected chi connectivity index (χ4v) is 4.71. The van der Waals surface area contributed by atoms with Gasteiger partial charge < -0.3 is 29.3 Å². The van der Waals surface area contributed by atoms with Crippen LogP contribution < -0.4 is 14.4 Å². The van der Waals surface area contributed by atoms with Crippen LogP contribution in [-0.4, -0.2) is 86.0 Å². The zero-order chi connectivity index (χ0) is 24.2. The Morgan fingerprint density at radius 1 is 1.03 bits per heavy atom. The topological polar surface area (TPSA) is 74.6 Å². The molecule has 2 fully saturated rings. The summed E-state index contributed by atoms with van der Waals surface area (Å²) in [5.41, 5.74) is -0.482. The predicted octanol–water partition coefficient (Wildman–Crippen LogP) is 2.62. The van der Waals surface area contributed by atoms with E-state index in [0.717, 1.165) is 24.5 Å². The third kappa shape index (κ3) is 6.18. The molecule has 0 amide bonds. The minimum atomic E-state index is -1.23. The van der Waals surface area contributed by atoms with Crippen molar-refractivity contribution in [1.29, 1.82) is 0 Å². The molecule has 1 atom stereocenters. The van der Waals surface area contributed by atoms with Crippen molar-refractivity contribution in [3.05, 3.63) is 53.8 Å². The zero-order valence-corrected chi connectivity index (χ0v) is 20.0. The van der Waals surface area contributed by atoms with Crippen LogP contribution in [0.4, 0.5) is 10.1 Å². The molecular weight excluding hydrogens is 439 g/mol. The molecule has 0 unspecified atom stereocenters. The highest BCUT2D eigenvalue weighted by Crippen LogP contribution is 2.30. The van der Waals surface area contributed by atoms with Gasteiger partial charge in [0.15, 0.2) is 0 Å². The lowest BCUT2D eigenvalue weighted by Crippen LogP contribution is -2.55. The molecule has 0 aromatic heterocycles. The molecule has 0 aliphatic carbocycles. The lowest BCUT2D eigenvalue weighted by molar-refractivity contribution is -0.0742. The summed E-state index contributed by atoms with van der Waals surface area (Å²) in [6, 6.07) is 12.5. The molecule has 2 N–H and O–H groups in total. The first-order valence-electron chi connectivity index (χ1n) is 11.8. The van der Waals surface area contributed by atoms with Crippen molar-refractivity contribution in [1.82, 2.24) is 4.90 Å². The summed E-state index contributed by atoms with van der Waals surface area (Å²) in [5.74, 6) is 1.03. The number of nitrogens with zero attached hydrogens (tertiary/aromatic N) is 2. The van der Waals surface area contributed by atoms with E-state index in [4.69, 9.17) is 14.2 Å². The van der Waals surface area contributed by atoms with Crippen LogP contribution >= 0.6 is 0 Å². The maximum absolute atomic E-state index is 13.5. The summed E-state index contributed by atoms with van der Waals surface area (Å²) in [6.07, 6.45) is 1.26. The lowest BCUT2D eigenvalue weighted by Gasteiger charge is -2.42. The number of aryl methyl sites for hydroxylation is 1. The van der Waals surface area contributed by atoms with Crippen LogP contribution in [0.2, 0.25) is 0 Å². The Morgan fingerprint density at radius 2 is 1.82 bits per heavy atom. The Bertz CT molecular complexity index is 966. The van der Waals surface area contributed by atoms with E-state index in [0.29, 0.717) is 50.4 Å². The molecular formula is C26H35FN2O5. The summed E-state index contributed by atoms with van der Waals surface area (Å²) in [6.45, 7) is 5.21. The molecule has 186 valence electrons. The first-order chi connectivity index (χ1) is 16.3. The smallest absolute Gasteiger partial charge is 0.134 e. The average Bonchev–Trinajstić information content (AvgIpc) is 3.01. The summed E-state index contributed by atoms with van der Waals surface area (Å²) in [5, 5.41) is 22.5. The zero-order valence-electron chi connectivity index (χ0n) is 20.0. The van der Waals surface area contributed by atoms with Crippen molar-refractivity contribution in [3.63, 3.8) is 0 Å². The second-order valence-corrected chi connectivity index (χ2v) is 9.60. The second kappa shape index (κ2) is 10.5. The molecule has 0 bridgehead atoms. The monoisotopic (exact) mass is 474 g/mol. The number of aliphatic hydroxyl groups is 2. The van der Waals surface area contributed by atoms with Crippen LogP contribution in [0.25, 0.3) is 0 Å². The van der Waals surface area contributed by atoms with Gasteiger partial charge >= 0.3 is 0 Å². The fourth-order valence-electron chi connectivity index (χ4n) is 4.71. The van der Waals surface area contributed by atoms with Crippen molar-refractivity contribution in [2.24, 2.45) is 0 Å². The number of hydrogen-bond donors (Lipinski definition) is 2. The minimum Gasteiger partial charge on any atom is -0.497 e. The van der Waals surface area contributed by atoms with E-state index in [-0.39, 0.29) is 19.0 Å². The van der Waals surface area contributed by atoms with Crippen molar-refractivity contribution >= 4 is 5.69 Å². The number of benzene rings is 2. The van der Waals surface area contributed by atoms with Gasteiger partial charge in [-0.2, -0.15) is 0 Å². The molecule has 4 rings (SSSR count). The van der Waals surface area contributed by atoms with E-state index in [1.807, 2.05) is 18.2 Å². The van der Waals surface area contributed by atoms with Gasteiger partial charge in [0.25, 0.3) is 0 Å². The van der Waals surface area contributed by atoms with Gasteiger partial charge in [-0.3, -0.25) is 4.90 Å². The highest BCUT2D eigenvalue weighted by atomic mass is 19.1. The Balaban J connectivity index is 1.33. The van der Waals surface area contributed by atoms with Gasteiger partial charge in [0, 0.05) is 44.5 Å². The second-order valence-electron chi connectivity index (χ2n) is 9.60. The summed E-state index contributed by atoms with van der Waals surface area (Å²) in [4.78, 5) is 4.32. The van der Waals surface area contributed by atoms with E-state index in [1.165, 1.54) is 6.07 Å². The third-order valence-electron chi connectivity index (χ3n) is 6.71. The lowest BCUT2D eigenvalue weighted by atomic mass is 9.90. The number of anilines is 1. The molecule has 2 aromatic carbocycles. The first-order valence-corrected chi connectivity index (χ1v) is 11.8. The number of ether oxygens (including phenoxy) is 3. The van der Waals surface area contributed by atoms with Gasteiger partial charge in [-0.15, -0.1) is 0 Å². The molecule has 2 heterocycles. The molecule has 7 nitrogen and oxygen atoms in total. The SMILES string of the molecule is COc1cccc(N2CCC(O)(CN3CCOC[C@@](O)(COc4ccc(F)c(C)c4)C3)CC2)c1. The van der Waals surface area contributed by atoms with Crippen LogP contribution in [0.5, 0.6) is 11.5 Å². The molecule has 0 spiro atoms. The molecule has 2 aliphatic rings. The van der Waals surface area contributed by atoms with Crippen LogP contribution in [0, 0.1) is 12.7 Å².